The van der Waals surface area contributed by atoms with Gasteiger partial charge in [0, 0.05) is 46.4 Å². The first kappa shape index (κ1) is 11.6. The predicted molar refractivity (Wildman–Crippen MR) is 69.4 cm³/mol. The minimum atomic E-state index is 0.634. The predicted octanol–water partition coefficient (Wildman–Crippen LogP) is 2.69. The summed E-state index contributed by atoms with van der Waals surface area (Å²) in [5.74, 6) is 0. The summed E-state index contributed by atoms with van der Waals surface area (Å²) in [6.07, 6.45) is 0. The van der Waals surface area contributed by atoms with Gasteiger partial charge in [0.2, 0.25) is 0 Å². The molecule has 2 rings (SSSR count). The third-order valence-electron chi connectivity index (χ3n) is 2.97. The van der Waals surface area contributed by atoms with E-state index in [-0.39, 0.29) is 0 Å². The molecule has 0 bridgehead atoms. The number of rotatable bonds is 2. The van der Waals surface area contributed by atoms with Crippen LogP contribution in [0.25, 0.3) is 0 Å². The summed E-state index contributed by atoms with van der Waals surface area (Å²) in [7, 11) is 0. The molecule has 1 aromatic heterocycles. The van der Waals surface area contributed by atoms with Crippen LogP contribution < -0.4 is 5.32 Å². The molecule has 2 nitrogen and oxygen atoms in total. The zero-order chi connectivity index (χ0) is 10.8. The van der Waals surface area contributed by atoms with E-state index in [0.29, 0.717) is 12.1 Å². The third kappa shape index (κ3) is 2.81. The summed E-state index contributed by atoms with van der Waals surface area (Å²) in [6.45, 7) is 7.89. The number of piperazine rings is 1. The van der Waals surface area contributed by atoms with Crippen LogP contribution in [-0.4, -0.2) is 30.1 Å². The van der Waals surface area contributed by atoms with Gasteiger partial charge in [-0.3, -0.25) is 4.90 Å². The molecule has 0 spiro atoms. The van der Waals surface area contributed by atoms with Gasteiger partial charge in [-0.15, -0.1) is 11.3 Å². The van der Waals surface area contributed by atoms with Crippen molar-refractivity contribution in [1.82, 2.24) is 10.2 Å². The lowest BCUT2D eigenvalue weighted by molar-refractivity contribution is 0.110. The van der Waals surface area contributed by atoms with E-state index in [0.717, 1.165) is 19.6 Å². The van der Waals surface area contributed by atoms with Crippen LogP contribution in [-0.2, 0) is 6.54 Å². The van der Waals surface area contributed by atoms with Crippen molar-refractivity contribution >= 4 is 27.3 Å². The second-order valence-corrected chi connectivity index (χ2v) is 6.17. The molecule has 0 radical (unpaired) electrons. The fourth-order valence-corrected chi connectivity index (χ4v) is 3.56. The van der Waals surface area contributed by atoms with Crippen molar-refractivity contribution in [3.63, 3.8) is 0 Å². The number of halogens is 1. The molecule has 2 heterocycles. The fraction of sp³-hybridized carbons (Fsp3) is 0.636. The highest BCUT2D eigenvalue weighted by Crippen LogP contribution is 2.23. The molecule has 2 atom stereocenters. The van der Waals surface area contributed by atoms with Crippen molar-refractivity contribution in [3.8, 4) is 0 Å². The molecule has 1 aromatic rings. The van der Waals surface area contributed by atoms with Gasteiger partial charge in [0.25, 0.3) is 0 Å². The second kappa shape index (κ2) is 4.95. The molecular weight excluding hydrogens is 272 g/mol. The SMILES string of the molecule is C[C@@H]1CNC[C@H](C)N1Cc1cc(Br)cs1. The van der Waals surface area contributed by atoms with Crippen LogP contribution in [0.3, 0.4) is 0 Å². The van der Waals surface area contributed by atoms with Gasteiger partial charge in [-0.2, -0.15) is 0 Å². The smallest absolute Gasteiger partial charge is 0.0335 e. The summed E-state index contributed by atoms with van der Waals surface area (Å²) >= 11 is 5.35. The van der Waals surface area contributed by atoms with Gasteiger partial charge in [-0.05, 0) is 35.8 Å². The van der Waals surface area contributed by atoms with Crippen molar-refractivity contribution in [1.29, 1.82) is 0 Å². The summed E-state index contributed by atoms with van der Waals surface area (Å²) in [6, 6.07) is 3.50. The van der Waals surface area contributed by atoms with E-state index in [1.54, 1.807) is 0 Å². The zero-order valence-corrected chi connectivity index (χ0v) is 11.6. The van der Waals surface area contributed by atoms with Crippen molar-refractivity contribution < 1.29 is 0 Å². The maximum Gasteiger partial charge on any atom is 0.0335 e. The number of thiophene rings is 1. The Labute approximate surface area is 104 Å². The van der Waals surface area contributed by atoms with Crippen molar-refractivity contribution in [2.45, 2.75) is 32.5 Å². The molecule has 1 N–H and O–H groups in total. The van der Waals surface area contributed by atoms with Gasteiger partial charge in [0.15, 0.2) is 0 Å². The van der Waals surface area contributed by atoms with E-state index in [1.165, 1.54) is 9.35 Å². The minimum absolute atomic E-state index is 0.634. The Bertz CT molecular complexity index is 316. The van der Waals surface area contributed by atoms with Crippen LogP contribution in [0.2, 0.25) is 0 Å². The monoisotopic (exact) mass is 288 g/mol. The normalized spacial score (nSPS) is 28.2. The van der Waals surface area contributed by atoms with E-state index < -0.39 is 0 Å². The van der Waals surface area contributed by atoms with Crippen molar-refractivity contribution in [3.05, 3.63) is 20.8 Å². The summed E-state index contributed by atoms with van der Waals surface area (Å²) < 4.78 is 1.21. The first-order valence-electron chi connectivity index (χ1n) is 5.36. The molecule has 4 heteroatoms. The molecular formula is C11H17BrN2S. The van der Waals surface area contributed by atoms with Gasteiger partial charge >= 0.3 is 0 Å². The molecule has 1 aliphatic rings. The van der Waals surface area contributed by atoms with Crippen molar-refractivity contribution in [2.24, 2.45) is 0 Å². The molecule has 1 fully saturated rings. The summed E-state index contributed by atoms with van der Waals surface area (Å²) in [5, 5.41) is 5.62. The van der Waals surface area contributed by atoms with Gasteiger partial charge in [-0.1, -0.05) is 0 Å². The Morgan fingerprint density at radius 3 is 2.67 bits per heavy atom. The Hall–Kier alpha value is 0.1000. The van der Waals surface area contributed by atoms with Gasteiger partial charge in [0.05, 0.1) is 0 Å². The molecule has 0 aliphatic carbocycles. The van der Waals surface area contributed by atoms with E-state index in [2.05, 4.69) is 51.4 Å². The number of nitrogens with zero attached hydrogens (tertiary/aromatic N) is 1. The van der Waals surface area contributed by atoms with Crippen LogP contribution in [0, 0.1) is 0 Å². The zero-order valence-electron chi connectivity index (χ0n) is 9.16. The molecule has 0 saturated carbocycles. The van der Waals surface area contributed by atoms with Crippen molar-refractivity contribution in [2.75, 3.05) is 13.1 Å². The average molecular weight is 289 g/mol. The van der Waals surface area contributed by atoms with Crippen LogP contribution in [0.4, 0.5) is 0 Å². The highest BCUT2D eigenvalue weighted by Gasteiger charge is 2.24. The Morgan fingerprint density at radius 1 is 1.47 bits per heavy atom. The lowest BCUT2D eigenvalue weighted by Gasteiger charge is -2.39. The number of hydrogen-bond donors (Lipinski definition) is 1. The van der Waals surface area contributed by atoms with Crippen LogP contribution in [0.15, 0.2) is 15.9 Å². The molecule has 1 saturated heterocycles. The standard InChI is InChI=1S/C11H17BrN2S/c1-8-4-13-5-9(2)14(8)6-11-3-10(12)7-15-11/h3,7-9,13H,4-6H2,1-2H3/t8-,9+. The maximum absolute atomic E-state index is 3.51. The fourth-order valence-electron chi connectivity index (χ4n) is 2.10. The first-order chi connectivity index (χ1) is 7.16. The Morgan fingerprint density at radius 2 is 2.13 bits per heavy atom. The van der Waals surface area contributed by atoms with Crippen LogP contribution in [0.1, 0.15) is 18.7 Å². The Balaban J connectivity index is 2.03. The third-order valence-corrected chi connectivity index (χ3v) is 4.65. The molecule has 0 unspecified atom stereocenters. The average Bonchev–Trinajstić information content (AvgIpc) is 2.58. The van der Waals surface area contributed by atoms with Gasteiger partial charge in [-0.25, -0.2) is 0 Å². The second-order valence-electron chi connectivity index (χ2n) is 4.26. The van der Waals surface area contributed by atoms with Crippen LogP contribution in [0.5, 0.6) is 0 Å². The largest absolute Gasteiger partial charge is 0.314 e. The molecule has 1 aliphatic heterocycles. The molecule has 0 aromatic carbocycles. The topological polar surface area (TPSA) is 15.3 Å². The van der Waals surface area contributed by atoms with E-state index in [4.69, 9.17) is 0 Å². The van der Waals surface area contributed by atoms with E-state index in [9.17, 15) is 0 Å². The summed E-state index contributed by atoms with van der Waals surface area (Å²) in [5.41, 5.74) is 0. The lowest BCUT2D eigenvalue weighted by Crippen LogP contribution is -2.54. The van der Waals surface area contributed by atoms with Crippen LogP contribution >= 0.6 is 27.3 Å². The summed E-state index contributed by atoms with van der Waals surface area (Å²) in [4.78, 5) is 4.02. The molecule has 0 amide bonds. The number of nitrogens with one attached hydrogen (secondary N) is 1. The maximum atomic E-state index is 3.51. The highest BCUT2D eigenvalue weighted by atomic mass is 79.9. The van der Waals surface area contributed by atoms with Gasteiger partial charge < -0.3 is 5.32 Å². The van der Waals surface area contributed by atoms with E-state index in [1.807, 2.05) is 11.3 Å². The minimum Gasteiger partial charge on any atom is -0.314 e. The molecule has 15 heavy (non-hydrogen) atoms. The quantitative estimate of drug-likeness (QED) is 0.900. The molecule has 84 valence electrons. The number of hydrogen-bond acceptors (Lipinski definition) is 3. The lowest BCUT2D eigenvalue weighted by atomic mass is 10.1. The first-order valence-corrected chi connectivity index (χ1v) is 7.03. The highest BCUT2D eigenvalue weighted by molar-refractivity contribution is 9.10. The van der Waals surface area contributed by atoms with E-state index >= 15 is 0 Å². The Kier molecular flexibility index (Phi) is 3.83. The van der Waals surface area contributed by atoms with Gasteiger partial charge in [0.1, 0.15) is 0 Å².